The monoisotopic (exact) mass is 297 g/mol. The largest absolute Gasteiger partial charge is 0.327 e. The molecule has 20 heavy (non-hydrogen) atoms. The Morgan fingerprint density at radius 3 is 2.65 bits per heavy atom. The van der Waals surface area contributed by atoms with Gasteiger partial charge in [-0.15, -0.1) is 0 Å². The van der Waals surface area contributed by atoms with E-state index in [1.54, 1.807) is 6.07 Å². The lowest BCUT2D eigenvalue weighted by Crippen LogP contribution is -2.35. The molecule has 1 nitrogen and oxygen atoms in total. The van der Waals surface area contributed by atoms with E-state index in [2.05, 4.69) is 6.92 Å². The van der Waals surface area contributed by atoms with Crippen LogP contribution in [-0.2, 0) is 6.42 Å². The average molecular weight is 298 g/mol. The highest BCUT2D eigenvalue weighted by Gasteiger charge is 2.25. The minimum Gasteiger partial charge on any atom is -0.327 e. The van der Waals surface area contributed by atoms with Gasteiger partial charge in [-0.05, 0) is 54.9 Å². The molecule has 3 heteroatoms. The molecule has 2 rings (SSSR count). The second-order valence-electron chi connectivity index (χ2n) is 6.17. The fourth-order valence-corrected chi connectivity index (χ4v) is 3.63. The lowest BCUT2D eigenvalue weighted by atomic mass is 9.76. The predicted molar refractivity (Wildman–Crippen MR) is 83.4 cm³/mol. The third kappa shape index (κ3) is 4.20. The second kappa shape index (κ2) is 7.42. The van der Waals surface area contributed by atoms with Gasteiger partial charge in [0.25, 0.3) is 0 Å². The molecular weight excluding hydrogens is 273 g/mol. The van der Waals surface area contributed by atoms with Crippen LogP contribution >= 0.6 is 11.6 Å². The van der Waals surface area contributed by atoms with Crippen molar-refractivity contribution in [2.75, 3.05) is 0 Å². The highest BCUT2D eigenvalue weighted by Crippen LogP contribution is 2.34. The Morgan fingerprint density at radius 2 is 2.00 bits per heavy atom. The van der Waals surface area contributed by atoms with E-state index in [1.807, 2.05) is 0 Å². The Hall–Kier alpha value is -0.600. The van der Waals surface area contributed by atoms with Crippen LogP contribution in [0, 0.1) is 17.7 Å². The molecule has 1 aromatic rings. The molecule has 1 aliphatic carbocycles. The van der Waals surface area contributed by atoms with Crippen LogP contribution in [0.1, 0.15) is 51.0 Å². The Bertz CT molecular complexity index is 427. The number of hydrogen-bond acceptors (Lipinski definition) is 1. The highest BCUT2D eigenvalue weighted by molar-refractivity contribution is 6.31. The number of halogens is 2. The SMILES string of the molecule is CCCC1CCC(C(N)Cc2cc(F)ccc2Cl)CC1. The van der Waals surface area contributed by atoms with Crippen molar-refractivity contribution < 1.29 is 4.39 Å². The summed E-state index contributed by atoms with van der Waals surface area (Å²) in [4.78, 5) is 0. The fourth-order valence-electron chi connectivity index (χ4n) is 3.43. The summed E-state index contributed by atoms with van der Waals surface area (Å²) in [6.45, 7) is 2.25. The van der Waals surface area contributed by atoms with Crippen LogP contribution in [-0.4, -0.2) is 6.04 Å². The fraction of sp³-hybridized carbons (Fsp3) is 0.647. The van der Waals surface area contributed by atoms with Gasteiger partial charge in [-0.2, -0.15) is 0 Å². The zero-order chi connectivity index (χ0) is 14.5. The maximum absolute atomic E-state index is 13.3. The summed E-state index contributed by atoms with van der Waals surface area (Å²) in [7, 11) is 0. The van der Waals surface area contributed by atoms with E-state index in [9.17, 15) is 4.39 Å². The van der Waals surface area contributed by atoms with Crippen molar-refractivity contribution in [1.29, 1.82) is 0 Å². The van der Waals surface area contributed by atoms with Gasteiger partial charge < -0.3 is 5.73 Å². The third-order valence-electron chi connectivity index (χ3n) is 4.66. The second-order valence-corrected chi connectivity index (χ2v) is 6.58. The molecule has 0 aromatic heterocycles. The van der Waals surface area contributed by atoms with Gasteiger partial charge in [0, 0.05) is 11.1 Å². The zero-order valence-corrected chi connectivity index (χ0v) is 13.0. The molecule has 0 spiro atoms. The minimum absolute atomic E-state index is 0.0943. The van der Waals surface area contributed by atoms with Crippen LogP contribution in [0.5, 0.6) is 0 Å². The van der Waals surface area contributed by atoms with E-state index in [0.717, 1.165) is 11.5 Å². The Morgan fingerprint density at radius 1 is 1.30 bits per heavy atom. The van der Waals surface area contributed by atoms with Gasteiger partial charge in [0.05, 0.1) is 0 Å². The van der Waals surface area contributed by atoms with Crippen LogP contribution in [0.2, 0.25) is 5.02 Å². The van der Waals surface area contributed by atoms with Crippen molar-refractivity contribution in [3.05, 3.63) is 34.6 Å². The first-order chi connectivity index (χ1) is 9.60. The first-order valence-corrected chi connectivity index (χ1v) is 8.17. The first kappa shape index (κ1) is 15.8. The molecule has 1 unspecified atom stereocenters. The minimum atomic E-state index is -0.233. The van der Waals surface area contributed by atoms with E-state index < -0.39 is 0 Å². The van der Waals surface area contributed by atoms with E-state index >= 15 is 0 Å². The molecule has 1 fully saturated rings. The van der Waals surface area contributed by atoms with Crippen molar-refractivity contribution in [2.24, 2.45) is 17.6 Å². The third-order valence-corrected chi connectivity index (χ3v) is 5.03. The summed E-state index contributed by atoms with van der Waals surface area (Å²) in [6.07, 6.45) is 8.31. The topological polar surface area (TPSA) is 26.0 Å². The van der Waals surface area contributed by atoms with Crippen molar-refractivity contribution in [2.45, 2.75) is 57.9 Å². The van der Waals surface area contributed by atoms with Crippen LogP contribution in [0.4, 0.5) is 4.39 Å². The Kier molecular flexibility index (Phi) is 5.86. The summed E-state index contributed by atoms with van der Waals surface area (Å²) in [5.41, 5.74) is 7.18. The highest BCUT2D eigenvalue weighted by atomic mass is 35.5. The van der Waals surface area contributed by atoms with Crippen LogP contribution in [0.3, 0.4) is 0 Å². The molecule has 1 saturated carbocycles. The predicted octanol–water partition coefficient (Wildman–Crippen LogP) is 4.96. The number of benzene rings is 1. The lowest BCUT2D eigenvalue weighted by molar-refractivity contribution is 0.232. The summed E-state index contributed by atoms with van der Waals surface area (Å²) >= 11 is 6.12. The molecule has 1 aliphatic rings. The van der Waals surface area contributed by atoms with Crippen molar-refractivity contribution in [3.63, 3.8) is 0 Å². The van der Waals surface area contributed by atoms with E-state index in [0.29, 0.717) is 17.4 Å². The normalized spacial score (nSPS) is 24.6. The van der Waals surface area contributed by atoms with Crippen LogP contribution < -0.4 is 5.73 Å². The maximum Gasteiger partial charge on any atom is 0.123 e. The van der Waals surface area contributed by atoms with Gasteiger partial charge in [-0.1, -0.05) is 44.2 Å². The van der Waals surface area contributed by atoms with Gasteiger partial charge in [-0.25, -0.2) is 4.39 Å². The molecule has 0 amide bonds. The van der Waals surface area contributed by atoms with Crippen molar-refractivity contribution in [1.82, 2.24) is 0 Å². The van der Waals surface area contributed by atoms with Crippen molar-refractivity contribution >= 4 is 11.6 Å². The molecule has 0 aliphatic heterocycles. The number of hydrogen-bond donors (Lipinski definition) is 1. The summed E-state index contributed by atoms with van der Waals surface area (Å²) in [5.74, 6) is 1.21. The lowest BCUT2D eigenvalue weighted by Gasteiger charge is -2.32. The number of rotatable bonds is 5. The molecule has 0 radical (unpaired) electrons. The molecule has 1 atom stereocenters. The zero-order valence-electron chi connectivity index (χ0n) is 12.2. The smallest absolute Gasteiger partial charge is 0.123 e. The molecule has 2 N–H and O–H groups in total. The van der Waals surface area contributed by atoms with E-state index in [1.165, 1.54) is 50.7 Å². The Balaban J connectivity index is 1.89. The molecule has 0 saturated heterocycles. The van der Waals surface area contributed by atoms with Gasteiger partial charge >= 0.3 is 0 Å². The number of nitrogens with two attached hydrogens (primary N) is 1. The Labute approximate surface area is 126 Å². The summed E-state index contributed by atoms with van der Waals surface area (Å²) < 4.78 is 13.3. The van der Waals surface area contributed by atoms with E-state index in [-0.39, 0.29) is 11.9 Å². The van der Waals surface area contributed by atoms with Gasteiger partial charge in [0.1, 0.15) is 5.82 Å². The molecule has 112 valence electrons. The van der Waals surface area contributed by atoms with E-state index in [4.69, 9.17) is 17.3 Å². The maximum atomic E-state index is 13.3. The first-order valence-electron chi connectivity index (χ1n) is 7.79. The van der Waals surface area contributed by atoms with Crippen molar-refractivity contribution in [3.8, 4) is 0 Å². The molecule has 0 heterocycles. The quantitative estimate of drug-likeness (QED) is 0.817. The standard InChI is InChI=1S/C17H25ClFN/c1-2-3-12-4-6-13(7-5-12)17(20)11-14-10-15(19)8-9-16(14)18/h8-10,12-13,17H,2-7,11,20H2,1H3. The molecule has 0 bridgehead atoms. The molecular formula is C17H25ClFN. The van der Waals surface area contributed by atoms with Gasteiger partial charge in [0.15, 0.2) is 0 Å². The summed E-state index contributed by atoms with van der Waals surface area (Å²) in [6, 6.07) is 4.63. The van der Waals surface area contributed by atoms with Crippen LogP contribution in [0.15, 0.2) is 18.2 Å². The van der Waals surface area contributed by atoms with Gasteiger partial charge in [0.2, 0.25) is 0 Å². The average Bonchev–Trinajstić information content (AvgIpc) is 2.44. The summed E-state index contributed by atoms with van der Waals surface area (Å²) in [5, 5.41) is 0.626. The molecule has 1 aromatic carbocycles. The van der Waals surface area contributed by atoms with Gasteiger partial charge in [-0.3, -0.25) is 0 Å². The van der Waals surface area contributed by atoms with Crippen LogP contribution in [0.25, 0.3) is 0 Å².